The molecule has 1 amide bonds. The maximum atomic E-state index is 11.9. The molecule has 0 atom stereocenters. The molecule has 1 aliphatic carbocycles. The van der Waals surface area contributed by atoms with Gasteiger partial charge >= 0.3 is 6.09 Å². The third-order valence-electron chi connectivity index (χ3n) is 3.44. The average molecular weight is 308 g/mol. The number of phenols is 1. The maximum absolute atomic E-state index is 11.9. The van der Waals surface area contributed by atoms with Crippen molar-refractivity contribution in [2.45, 2.75) is 51.2 Å². The molecule has 122 valence electrons. The van der Waals surface area contributed by atoms with Gasteiger partial charge in [-0.1, -0.05) is 0 Å². The fourth-order valence-corrected chi connectivity index (χ4v) is 2.18. The van der Waals surface area contributed by atoms with Gasteiger partial charge in [0.2, 0.25) is 0 Å². The average Bonchev–Trinajstić information content (AvgIpc) is 3.08. The Balaban J connectivity index is 2.21. The van der Waals surface area contributed by atoms with Gasteiger partial charge in [0, 0.05) is 5.54 Å². The number of phenolic OH excluding ortho intramolecular Hbond substituents is 1. The third kappa shape index (κ3) is 4.27. The third-order valence-corrected chi connectivity index (χ3v) is 3.44. The van der Waals surface area contributed by atoms with E-state index >= 15 is 0 Å². The van der Waals surface area contributed by atoms with Crippen molar-refractivity contribution in [3.8, 4) is 11.5 Å². The number of hydrogen-bond acceptors (Lipinski definition) is 5. The predicted molar refractivity (Wildman–Crippen MR) is 84.4 cm³/mol. The van der Waals surface area contributed by atoms with Gasteiger partial charge in [0.15, 0.2) is 11.5 Å². The minimum absolute atomic E-state index is 0.126. The van der Waals surface area contributed by atoms with Crippen molar-refractivity contribution in [2.75, 3.05) is 12.4 Å². The molecule has 0 aromatic heterocycles. The fraction of sp³-hybridized carbons (Fsp3) is 0.562. The largest absolute Gasteiger partial charge is 0.503 e. The van der Waals surface area contributed by atoms with E-state index in [-0.39, 0.29) is 17.0 Å². The van der Waals surface area contributed by atoms with E-state index in [1.807, 2.05) is 0 Å². The zero-order valence-corrected chi connectivity index (χ0v) is 13.5. The summed E-state index contributed by atoms with van der Waals surface area (Å²) in [4.78, 5) is 11.9. The summed E-state index contributed by atoms with van der Waals surface area (Å²) in [7, 11) is 1.46. The topological polar surface area (TPSA) is 93.8 Å². The van der Waals surface area contributed by atoms with Crippen molar-refractivity contribution < 1.29 is 19.4 Å². The summed E-state index contributed by atoms with van der Waals surface area (Å²) in [5.74, 6) is 0.173. The molecule has 1 fully saturated rings. The molecule has 0 heterocycles. The zero-order chi connectivity index (χ0) is 16.5. The van der Waals surface area contributed by atoms with Crippen LogP contribution in [0.4, 0.5) is 10.5 Å². The van der Waals surface area contributed by atoms with E-state index < -0.39 is 11.7 Å². The molecule has 1 saturated carbocycles. The van der Waals surface area contributed by atoms with Gasteiger partial charge in [0.25, 0.3) is 0 Å². The van der Waals surface area contributed by atoms with Crippen LogP contribution in [0.5, 0.6) is 11.5 Å². The standard InChI is InChI=1S/C16H24N2O4/c1-15(2,3)22-14(20)18-11-7-10(9-16(17)5-6-16)8-12(21-4)13(11)19/h7-8,19H,5-6,9,17H2,1-4H3,(H,18,20). The number of benzene rings is 1. The molecule has 0 unspecified atom stereocenters. The van der Waals surface area contributed by atoms with Gasteiger partial charge in [-0.15, -0.1) is 0 Å². The van der Waals surface area contributed by atoms with Gasteiger partial charge in [-0.05, 0) is 57.7 Å². The van der Waals surface area contributed by atoms with Crippen molar-refractivity contribution in [1.29, 1.82) is 0 Å². The van der Waals surface area contributed by atoms with Gasteiger partial charge in [0.05, 0.1) is 12.8 Å². The fourth-order valence-electron chi connectivity index (χ4n) is 2.18. The van der Waals surface area contributed by atoms with E-state index in [9.17, 15) is 9.90 Å². The van der Waals surface area contributed by atoms with Crippen LogP contribution in [0.25, 0.3) is 0 Å². The molecule has 0 bridgehead atoms. The van der Waals surface area contributed by atoms with Crippen LogP contribution in [0.15, 0.2) is 12.1 Å². The SMILES string of the molecule is COc1cc(CC2(N)CC2)cc(NC(=O)OC(C)(C)C)c1O. The van der Waals surface area contributed by atoms with Crippen LogP contribution in [0, 0.1) is 0 Å². The summed E-state index contributed by atoms with van der Waals surface area (Å²) in [6, 6.07) is 3.44. The molecular weight excluding hydrogens is 284 g/mol. The maximum Gasteiger partial charge on any atom is 0.412 e. The Bertz CT molecular complexity index is 574. The van der Waals surface area contributed by atoms with E-state index in [0.717, 1.165) is 18.4 Å². The molecule has 6 nitrogen and oxygen atoms in total. The number of carbonyl (C=O) groups is 1. The first-order valence-electron chi connectivity index (χ1n) is 7.31. The molecule has 0 saturated heterocycles. The van der Waals surface area contributed by atoms with Crippen LogP contribution in [-0.2, 0) is 11.2 Å². The lowest BCUT2D eigenvalue weighted by Gasteiger charge is -2.20. The Hall–Kier alpha value is -1.95. The number of hydrogen-bond donors (Lipinski definition) is 3. The van der Waals surface area contributed by atoms with Crippen molar-refractivity contribution in [3.05, 3.63) is 17.7 Å². The number of nitrogens with one attached hydrogen (secondary N) is 1. The summed E-state index contributed by atoms with van der Waals surface area (Å²) < 4.78 is 10.4. The first kappa shape index (κ1) is 16.4. The number of anilines is 1. The van der Waals surface area contributed by atoms with Gasteiger partial charge in [0.1, 0.15) is 5.60 Å². The number of ether oxygens (including phenoxy) is 2. The second kappa shape index (κ2) is 5.68. The quantitative estimate of drug-likeness (QED) is 0.744. The van der Waals surface area contributed by atoms with E-state index in [1.165, 1.54) is 7.11 Å². The first-order chi connectivity index (χ1) is 10.1. The summed E-state index contributed by atoms with van der Waals surface area (Å²) >= 11 is 0. The van der Waals surface area contributed by atoms with E-state index in [0.29, 0.717) is 12.2 Å². The van der Waals surface area contributed by atoms with Gasteiger partial charge in [-0.3, -0.25) is 5.32 Å². The summed E-state index contributed by atoms with van der Waals surface area (Å²) in [6.07, 6.45) is 2.00. The van der Waals surface area contributed by atoms with Crippen LogP contribution in [0.3, 0.4) is 0 Å². The minimum atomic E-state index is -0.629. The molecule has 6 heteroatoms. The van der Waals surface area contributed by atoms with Crippen LogP contribution in [0.1, 0.15) is 39.2 Å². The molecule has 22 heavy (non-hydrogen) atoms. The molecule has 1 aromatic rings. The smallest absolute Gasteiger partial charge is 0.412 e. The highest BCUT2D eigenvalue weighted by Gasteiger charge is 2.38. The number of rotatable bonds is 4. The van der Waals surface area contributed by atoms with Crippen LogP contribution >= 0.6 is 0 Å². The van der Waals surface area contributed by atoms with Crippen molar-refractivity contribution in [2.24, 2.45) is 5.73 Å². The number of methoxy groups -OCH3 is 1. The zero-order valence-electron chi connectivity index (χ0n) is 13.5. The van der Waals surface area contributed by atoms with Crippen LogP contribution in [-0.4, -0.2) is 29.4 Å². The monoisotopic (exact) mass is 308 g/mol. The normalized spacial score (nSPS) is 16.0. The number of aromatic hydroxyl groups is 1. The molecular formula is C16H24N2O4. The summed E-state index contributed by atoms with van der Waals surface area (Å²) in [6.45, 7) is 5.32. The summed E-state index contributed by atoms with van der Waals surface area (Å²) in [5, 5.41) is 12.7. The molecule has 2 rings (SSSR count). The molecule has 0 aliphatic heterocycles. The van der Waals surface area contributed by atoms with Crippen molar-refractivity contribution >= 4 is 11.8 Å². The first-order valence-corrected chi connectivity index (χ1v) is 7.31. The molecule has 0 radical (unpaired) electrons. The van der Waals surface area contributed by atoms with Crippen LogP contribution < -0.4 is 15.8 Å². The highest BCUT2D eigenvalue weighted by atomic mass is 16.6. The summed E-state index contributed by atoms with van der Waals surface area (Å²) in [5.41, 5.74) is 6.50. The minimum Gasteiger partial charge on any atom is -0.503 e. The van der Waals surface area contributed by atoms with Crippen molar-refractivity contribution in [1.82, 2.24) is 0 Å². The lowest BCUT2D eigenvalue weighted by molar-refractivity contribution is 0.0635. The van der Waals surface area contributed by atoms with E-state index in [4.69, 9.17) is 15.2 Å². The van der Waals surface area contributed by atoms with E-state index in [2.05, 4.69) is 5.32 Å². The molecule has 0 spiro atoms. The lowest BCUT2D eigenvalue weighted by Crippen LogP contribution is -2.27. The Morgan fingerprint density at radius 1 is 1.41 bits per heavy atom. The Labute approximate surface area is 130 Å². The van der Waals surface area contributed by atoms with Gasteiger partial charge < -0.3 is 20.3 Å². The molecule has 1 aliphatic rings. The second-order valence-electron chi connectivity index (χ2n) is 6.86. The molecule has 1 aromatic carbocycles. The van der Waals surface area contributed by atoms with Crippen LogP contribution in [0.2, 0.25) is 0 Å². The lowest BCUT2D eigenvalue weighted by atomic mass is 10.0. The highest BCUT2D eigenvalue weighted by Crippen LogP contribution is 2.40. The molecule has 4 N–H and O–H groups in total. The Morgan fingerprint density at radius 2 is 2.05 bits per heavy atom. The number of carbonyl (C=O) groups excluding carboxylic acids is 1. The van der Waals surface area contributed by atoms with Crippen molar-refractivity contribution in [3.63, 3.8) is 0 Å². The van der Waals surface area contributed by atoms with Gasteiger partial charge in [-0.25, -0.2) is 4.79 Å². The highest BCUT2D eigenvalue weighted by molar-refractivity contribution is 5.88. The second-order valence-corrected chi connectivity index (χ2v) is 6.86. The Morgan fingerprint density at radius 3 is 2.55 bits per heavy atom. The number of amides is 1. The predicted octanol–water partition coefficient (Wildman–Crippen LogP) is 2.78. The Kier molecular flexibility index (Phi) is 4.24. The van der Waals surface area contributed by atoms with Gasteiger partial charge in [-0.2, -0.15) is 0 Å². The van der Waals surface area contributed by atoms with E-state index in [1.54, 1.807) is 32.9 Å². The number of nitrogens with two attached hydrogens (primary N) is 1.